The number of likely N-dealkylation sites (tertiary alicyclic amines) is 1. The second-order valence-corrected chi connectivity index (χ2v) is 8.03. The van der Waals surface area contributed by atoms with Gasteiger partial charge in [-0.1, -0.05) is 34.6 Å². The van der Waals surface area contributed by atoms with Crippen LogP contribution in [0.5, 0.6) is 0 Å². The second kappa shape index (κ2) is 5.13. The topological polar surface area (TPSA) is 15.3 Å². The van der Waals surface area contributed by atoms with Gasteiger partial charge >= 0.3 is 0 Å². The summed E-state index contributed by atoms with van der Waals surface area (Å²) in [5.74, 6) is 1.68. The molecule has 106 valence electrons. The van der Waals surface area contributed by atoms with Crippen molar-refractivity contribution in [2.45, 2.75) is 47.5 Å². The molecule has 2 aliphatic heterocycles. The number of hydrogen-bond acceptors (Lipinski definition) is 2. The highest BCUT2D eigenvalue weighted by Crippen LogP contribution is 2.39. The van der Waals surface area contributed by atoms with Crippen LogP contribution in [0.4, 0.5) is 0 Å². The highest BCUT2D eigenvalue weighted by Gasteiger charge is 2.41. The van der Waals surface area contributed by atoms with Crippen LogP contribution in [-0.4, -0.2) is 37.6 Å². The normalized spacial score (nSPS) is 34.7. The van der Waals surface area contributed by atoms with Gasteiger partial charge in [-0.15, -0.1) is 0 Å². The Morgan fingerprint density at radius 3 is 2.50 bits per heavy atom. The first kappa shape index (κ1) is 14.3. The Morgan fingerprint density at radius 2 is 2.06 bits per heavy atom. The fourth-order valence-electron chi connectivity index (χ4n) is 3.70. The summed E-state index contributed by atoms with van der Waals surface area (Å²) in [7, 11) is 0. The maximum atomic E-state index is 3.58. The van der Waals surface area contributed by atoms with Crippen molar-refractivity contribution in [3.8, 4) is 0 Å². The molecule has 2 saturated heterocycles. The Bertz CT molecular complexity index is 271. The average molecular weight is 252 g/mol. The van der Waals surface area contributed by atoms with E-state index in [0.717, 1.165) is 11.8 Å². The summed E-state index contributed by atoms with van der Waals surface area (Å²) < 4.78 is 0. The molecule has 2 rings (SSSR count). The maximum absolute atomic E-state index is 3.58. The molecule has 0 radical (unpaired) electrons. The van der Waals surface area contributed by atoms with Gasteiger partial charge < -0.3 is 10.2 Å². The molecule has 18 heavy (non-hydrogen) atoms. The predicted octanol–water partition coefficient (Wildman–Crippen LogP) is 2.99. The lowest BCUT2D eigenvalue weighted by Gasteiger charge is -2.37. The molecule has 1 N–H and O–H groups in total. The van der Waals surface area contributed by atoms with Gasteiger partial charge in [0.1, 0.15) is 0 Å². The molecular weight excluding hydrogens is 220 g/mol. The number of nitrogens with zero attached hydrogens (tertiary/aromatic N) is 1. The summed E-state index contributed by atoms with van der Waals surface area (Å²) in [6, 6.07) is 0. The zero-order valence-electron chi connectivity index (χ0n) is 13.1. The molecule has 0 bridgehead atoms. The van der Waals surface area contributed by atoms with Gasteiger partial charge in [0.15, 0.2) is 0 Å². The summed E-state index contributed by atoms with van der Waals surface area (Å²) in [6.07, 6.45) is 2.76. The van der Waals surface area contributed by atoms with Crippen molar-refractivity contribution in [3.63, 3.8) is 0 Å². The van der Waals surface area contributed by atoms with E-state index in [1.54, 1.807) is 0 Å². The molecule has 0 saturated carbocycles. The van der Waals surface area contributed by atoms with E-state index in [4.69, 9.17) is 0 Å². The summed E-state index contributed by atoms with van der Waals surface area (Å²) in [4.78, 5) is 2.74. The van der Waals surface area contributed by atoms with Gasteiger partial charge in [0.2, 0.25) is 0 Å². The number of rotatable bonds is 3. The van der Waals surface area contributed by atoms with Crippen LogP contribution in [-0.2, 0) is 0 Å². The lowest BCUT2D eigenvalue weighted by molar-refractivity contribution is 0.125. The van der Waals surface area contributed by atoms with E-state index in [0.29, 0.717) is 10.8 Å². The highest BCUT2D eigenvalue weighted by atomic mass is 15.2. The maximum Gasteiger partial charge on any atom is 0.00532 e. The van der Waals surface area contributed by atoms with E-state index in [9.17, 15) is 0 Å². The monoisotopic (exact) mass is 252 g/mol. The highest BCUT2D eigenvalue weighted by molar-refractivity contribution is 4.95. The standard InChI is InChI=1S/C16H32N2/c1-13(2)16(7-8-17-11-16)12-18-9-6-14(10-18)15(3,4)5/h13-14,17H,6-12H2,1-5H3. The molecule has 0 amide bonds. The van der Waals surface area contributed by atoms with E-state index in [1.165, 1.54) is 45.6 Å². The van der Waals surface area contributed by atoms with Crippen LogP contribution in [0.3, 0.4) is 0 Å². The predicted molar refractivity (Wildman–Crippen MR) is 78.8 cm³/mol. The largest absolute Gasteiger partial charge is 0.316 e. The van der Waals surface area contributed by atoms with Gasteiger partial charge in [-0.25, -0.2) is 0 Å². The molecule has 2 heterocycles. The van der Waals surface area contributed by atoms with Crippen molar-refractivity contribution in [3.05, 3.63) is 0 Å². The summed E-state index contributed by atoms with van der Waals surface area (Å²) in [5, 5.41) is 3.58. The first-order valence-corrected chi connectivity index (χ1v) is 7.76. The van der Waals surface area contributed by atoms with Crippen molar-refractivity contribution >= 4 is 0 Å². The molecule has 2 atom stereocenters. The average Bonchev–Trinajstić information content (AvgIpc) is 2.86. The molecule has 0 aromatic heterocycles. The van der Waals surface area contributed by atoms with Gasteiger partial charge in [-0.05, 0) is 48.6 Å². The summed E-state index contributed by atoms with van der Waals surface area (Å²) in [5.41, 5.74) is 1.01. The molecule has 2 unspecified atom stereocenters. The summed E-state index contributed by atoms with van der Waals surface area (Å²) in [6.45, 7) is 18.4. The minimum atomic E-state index is 0.480. The van der Waals surface area contributed by atoms with Gasteiger partial charge in [-0.2, -0.15) is 0 Å². The van der Waals surface area contributed by atoms with Gasteiger partial charge in [0.25, 0.3) is 0 Å². The molecule has 2 nitrogen and oxygen atoms in total. The fourth-order valence-corrected chi connectivity index (χ4v) is 3.70. The smallest absolute Gasteiger partial charge is 0.00532 e. The third-order valence-corrected chi connectivity index (χ3v) is 5.54. The van der Waals surface area contributed by atoms with Crippen LogP contribution in [0.2, 0.25) is 0 Å². The zero-order chi connectivity index (χ0) is 13.4. The molecule has 2 fully saturated rings. The quantitative estimate of drug-likeness (QED) is 0.831. The Kier molecular flexibility index (Phi) is 4.08. The Labute approximate surface area is 114 Å². The Morgan fingerprint density at radius 1 is 1.33 bits per heavy atom. The van der Waals surface area contributed by atoms with Crippen LogP contribution in [0.15, 0.2) is 0 Å². The van der Waals surface area contributed by atoms with E-state index in [1.807, 2.05) is 0 Å². The number of nitrogens with one attached hydrogen (secondary N) is 1. The molecule has 2 aliphatic rings. The van der Waals surface area contributed by atoms with Gasteiger partial charge in [-0.3, -0.25) is 0 Å². The first-order valence-electron chi connectivity index (χ1n) is 7.76. The van der Waals surface area contributed by atoms with Crippen molar-refractivity contribution in [1.82, 2.24) is 10.2 Å². The molecule has 0 aromatic carbocycles. The van der Waals surface area contributed by atoms with Gasteiger partial charge in [0, 0.05) is 19.6 Å². The van der Waals surface area contributed by atoms with Crippen molar-refractivity contribution in [1.29, 1.82) is 0 Å². The second-order valence-electron chi connectivity index (χ2n) is 8.03. The van der Waals surface area contributed by atoms with E-state index < -0.39 is 0 Å². The third kappa shape index (κ3) is 2.91. The Balaban J connectivity index is 1.94. The summed E-state index contributed by atoms with van der Waals surface area (Å²) >= 11 is 0. The fraction of sp³-hybridized carbons (Fsp3) is 1.00. The molecule has 0 spiro atoms. The first-order chi connectivity index (χ1) is 8.33. The Hall–Kier alpha value is -0.0800. The molecule has 0 aromatic rings. The number of hydrogen-bond donors (Lipinski definition) is 1. The van der Waals surface area contributed by atoms with E-state index >= 15 is 0 Å². The lowest BCUT2D eigenvalue weighted by Crippen LogP contribution is -2.42. The van der Waals surface area contributed by atoms with Crippen LogP contribution >= 0.6 is 0 Å². The molecule has 0 aliphatic carbocycles. The van der Waals surface area contributed by atoms with Crippen molar-refractivity contribution in [2.24, 2.45) is 22.7 Å². The van der Waals surface area contributed by atoms with Crippen LogP contribution in [0, 0.1) is 22.7 Å². The molecule has 2 heteroatoms. The van der Waals surface area contributed by atoms with Crippen LogP contribution in [0.25, 0.3) is 0 Å². The molecular formula is C16H32N2. The van der Waals surface area contributed by atoms with Crippen molar-refractivity contribution < 1.29 is 0 Å². The zero-order valence-corrected chi connectivity index (χ0v) is 13.1. The third-order valence-electron chi connectivity index (χ3n) is 5.54. The van der Waals surface area contributed by atoms with Crippen molar-refractivity contribution in [2.75, 3.05) is 32.7 Å². The minimum absolute atomic E-state index is 0.480. The minimum Gasteiger partial charge on any atom is -0.316 e. The van der Waals surface area contributed by atoms with Crippen LogP contribution < -0.4 is 5.32 Å². The van der Waals surface area contributed by atoms with E-state index in [-0.39, 0.29) is 0 Å². The SMILES string of the molecule is CC(C)C1(CN2CCC(C(C)(C)C)C2)CCNC1. The van der Waals surface area contributed by atoms with Gasteiger partial charge in [0.05, 0.1) is 0 Å². The lowest BCUT2D eigenvalue weighted by atomic mass is 9.76. The van der Waals surface area contributed by atoms with Crippen LogP contribution in [0.1, 0.15) is 47.5 Å². The van der Waals surface area contributed by atoms with E-state index in [2.05, 4.69) is 44.8 Å².